The van der Waals surface area contributed by atoms with Gasteiger partial charge in [-0.1, -0.05) is 48.5 Å². The number of ether oxygens (including phenoxy) is 1. The molecule has 1 heterocycles. The number of imide groups is 1. The first-order valence-electron chi connectivity index (χ1n) is 11.5. The van der Waals surface area contributed by atoms with E-state index < -0.39 is 17.0 Å². The number of rotatable bonds is 9. The maximum Gasteiger partial charge on any atom is 0.293 e. The van der Waals surface area contributed by atoms with Crippen molar-refractivity contribution in [2.75, 3.05) is 18.0 Å². The second kappa shape index (κ2) is 11.2. The van der Waals surface area contributed by atoms with Crippen molar-refractivity contribution in [2.45, 2.75) is 27.0 Å². The molecular formula is C28H27FN2O3S. The number of hydrogen-bond acceptors (Lipinski definition) is 5. The predicted molar refractivity (Wildman–Crippen MR) is 139 cm³/mol. The van der Waals surface area contributed by atoms with Crippen LogP contribution >= 0.6 is 11.8 Å². The summed E-state index contributed by atoms with van der Waals surface area (Å²) in [5, 5.41) is -0.420. The molecule has 35 heavy (non-hydrogen) atoms. The van der Waals surface area contributed by atoms with Crippen LogP contribution in [0.3, 0.4) is 0 Å². The van der Waals surface area contributed by atoms with E-state index in [-0.39, 0.29) is 11.4 Å². The zero-order valence-corrected chi connectivity index (χ0v) is 20.6. The third-order valence-corrected chi connectivity index (χ3v) is 6.72. The summed E-state index contributed by atoms with van der Waals surface area (Å²) in [7, 11) is 0. The first kappa shape index (κ1) is 24.5. The van der Waals surface area contributed by atoms with E-state index in [0.717, 1.165) is 41.0 Å². The zero-order chi connectivity index (χ0) is 24.8. The molecule has 1 fully saturated rings. The monoisotopic (exact) mass is 490 g/mol. The van der Waals surface area contributed by atoms with Crippen LogP contribution in [0.5, 0.6) is 5.75 Å². The maximum atomic E-state index is 14.1. The van der Waals surface area contributed by atoms with Crippen LogP contribution in [0, 0.1) is 5.82 Å². The Balaban J connectivity index is 1.62. The minimum absolute atomic E-state index is 0.104. The lowest BCUT2D eigenvalue weighted by molar-refractivity contribution is -0.123. The summed E-state index contributed by atoms with van der Waals surface area (Å²) in [4.78, 5) is 29.2. The molecule has 0 unspecified atom stereocenters. The molecule has 0 aliphatic carbocycles. The molecule has 0 saturated carbocycles. The molecule has 3 aromatic carbocycles. The molecule has 0 spiro atoms. The highest BCUT2D eigenvalue weighted by atomic mass is 32.2. The minimum atomic E-state index is -0.445. The minimum Gasteiger partial charge on any atom is -0.488 e. The fraction of sp³-hybridized carbons (Fsp3) is 0.214. The zero-order valence-electron chi connectivity index (χ0n) is 19.7. The lowest BCUT2D eigenvalue weighted by atomic mass is 10.1. The number of carbonyl (C=O) groups excluding carboxylic acids is 2. The number of nitrogens with zero attached hydrogens (tertiary/aromatic N) is 2. The highest BCUT2D eigenvalue weighted by molar-refractivity contribution is 8.18. The molecule has 0 radical (unpaired) electrons. The molecule has 0 N–H and O–H groups in total. The van der Waals surface area contributed by atoms with E-state index in [4.69, 9.17) is 4.74 Å². The van der Waals surface area contributed by atoms with Crippen LogP contribution in [0.15, 0.2) is 77.7 Å². The third kappa shape index (κ3) is 5.74. The standard InChI is InChI=1S/C28H27FN2O3S/c1-3-30(4-2)23-15-14-21(25(17-23)34-19-20-10-6-5-7-11-20)16-26-27(32)31(28(33)35-26)18-22-12-8-9-13-24(22)29/h5-17H,3-4,18-19H2,1-2H3/b26-16-. The lowest BCUT2D eigenvalue weighted by Crippen LogP contribution is -2.27. The van der Waals surface area contributed by atoms with Gasteiger partial charge in [-0.3, -0.25) is 14.5 Å². The molecule has 3 aromatic rings. The van der Waals surface area contributed by atoms with Crippen LogP contribution in [-0.2, 0) is 17.9 Å². The molecule has 5 nitrogen and oxygen atoms in total. The van der Waals surface area contributed by atoms with E-state index in [1.165, 1.54) is 6.07 Å². The van der Waals surface area contributed by atoms with Gasteiger partial charge in [0.25, 0.3) is 11.1 Å². The lowest BCUT2D eigenvalue weighted by Gasteiger charge is -2.22. The van der Waals surface area contributed by atoms with Gasteiger partial charge in [-0.15, -0.1) is 0 Å². The van der Waals surface area contributed by atoms with Crippen LogP contribution in [0.2, 0.25) is 0 Å². The Labute approximate surface area is 209 Å². The Hall–Kier alpha value is -3.58. The largest absolute Gasteiger partial charge is 0.488 e. The normalized spacial score (nSPS) is 14.6. The van der Waals surface area contributed by atoms with Gasteiger partial charge in [0.2, 0.25) is 0 Å². The summed E-state index contributed by atoms with van der Waals surface area (Å²) in [6.45, 7) is 6.15. The molecule has 1 aliphatic heterocycles. The molecule has 2 amide bonds. The molecule has 0 aromatic heterocycles. The SMILES string of the molecule is CCN(CC)c1ccc(/C=C2\SC(=O)N(Cc3ccccc3F)C2=O)c(OCc2ccccc2)c1. The van der Waals surface area contributed by atoms with E-state index in [1.54, 1.807) is 24.3 Å². The van der Waals surface area contributed by atoms with Crippen molar-refractivity contribution >= 4 is 34.7 Å². The summed E-state index contributed by atoms with van der Waals surface area (Å²) in [6.07, 6.45) is 1.68. The van der Waals surface area contributed by atoms with E-state index in [0.29, 0.717) is 23.5 Å². The van der Waals surface area contributed by atoms with Gasteiger partial charge in [-0.05, 0) is 55.4 Å². The van der Waals surface area contributed by atoms with E-state index >= 15 is 0 Å². The Bertz CT molecular complexity index is 1240. The smallest absolute Gasteiger partial charge is 0.293 e. The predicted octanol–water partition coefficient (Wildman–Crippen LogP) is 6.49. The molecule has 0 bridgehead atoms. The fourth-order valence-electron chi connectivity index (χ4n) is 3.86. The highest BCUT2D eigenvalue weighted by Gasteiger charge is 2.35. The number of halogens is 1. The van der Waals surface area contributed by atoms with Crippen LogP contribution in [-0.4, -0.2) is 29.1 Å². The third-order valence-electron chi connectivity index (χ3n) is 5.81. The van der Waals surface area contributed by atoms with Crippen molar-refractivity contribution in [3.05, 3.63) is 100 Å². The van der Waals surface area contributed by atoms with Crippen molar-refractivity contribution in [1.29, 1.82) is 0 Å². The van der Waals surface area contributed by atoms with Crippen molar-refractivity contribution in [1.82, 2.24) is 4.90 Å². The van der Waals surface area contributed by atoms with Gasteiger partial charge in [0, 0.05) is 36.0 Å². The summed E-state index contributed by atoms with van der Waals surface area (Å²) in [6, 6.07) is 21.8. The maximum absolute atomic E-state index is 14.1. The first-order chi connectivity index (χ1) is 17.0. The van der Waals surface area contributed by atoms with Crippen LogP contribution in [0.25, 0.3) is 6.08 Å². The van der Waals surface area contributed by atoms with Crippen LogP contribution < -0.4 is 9.64 Å². The van der Waals surface area contributed by atoms with Crippen molar-refractivity contribution in [3.8, 4) is 5.75 Å². The number of carbonyl (C=O) groups is 2. The summed E-state index contributed by atoms with van der Waals surface area (Å²) < 4.78 is 20.3. The number of anilines is 1. The quantitative estimate of drug-likeness (QED) is 0.321. The Kier molecular flexibility index (Phi) is 7.87. The van der Waals surface area contributed by atoms with E-state index in [2.05, 4.69) is 18.7 Å². The van der Waals surface area contributed by atoms with Gasteiger partial charge in [0.05, 0.1) is 11.4 Å². The number of thioether (sulfide) groups is 1. The highest BCUT2D eigenvalue weighted by Crippen LogP contribution is 2.36. The molecule has 1 saturated heterocycles. The van der Waals surface area contributed by atoms with Crippen LogP contribution in [0.4, 0.5) is 14.9 Å². The molecule has 7 heteroatoms. The fourth-order valence-corrected chi connectivity index (χ4v) is 4.69. The topological polar surface area (TPSA) is 49.9 Å². The molecule has 180 valence electrons. The van der Waals surface area contributed by atoms with Gasteiger partial charge >= 0.3 is 0 Å². The van der Waals surface area contributed by atoms with E-state index in [9.17, 15) is 14.0 Å². The van der Waals surface area contributed by atoms with Crippen molar-refractivity contribution in [2.24, 2.45) is 0 Å². The molecular weight excluding hydrogens is 463 g/mol. The summed E-state index contributed by atoms with van der Waals surface area (Å²) >= 11 is 0.855. The Morgan fingerprint density at radius 2 is 1.69 bits per heavy atom. The van der Waals surface area contributed by atoms with Crippen molar-refractivity contribution in [3.63, 3.8) is 0 Å². The average Bonchev–Trinajstić information content (AvgIpc) is 3.13. The van der Waals surface area contributed by atoms with Gasteiger partial charge in [0.15, 0.2) is 0 Å². The molecule has 4 rings (SSSR count). The van der Waals surface area contributed by atoms with E-state index in [1.807, 2.05) is 48.5 Å². The summed E-state index contributed by atoms with van der Waals surface area (Å²) in [5.41, 5.74) is 3.04. The number of hydrogen-bond donors (Lipinski definition) is 0. The second-order valence-corrected chi connectivity index (χ2v) is 9.02. The number of benzene rings is 3. The Morgan fingerprint density at radius 1 is 0.971 bits per heavy atom. The number of amides is 2. The summed E-state index contributed by atoms with van der Waals surface area (Å²) in [5.74, 6) is -0.261. The average molecular weight is 491 g/mol. The van der Waals surface area contributed by atoms with Crippen molar-refractivity contribution < 1.29 is 18.7 Å². The second-order valence-electron chi connectivity index (χ2n) is 8.03. The first-order valence-corrected chi connectivity index (χ1v) is 12.4. The Morgan fingerprint density at radius 3 is 2.40 bits per heavy atom. The van der Waals surface area contributed by atoms with Crippen LogP contribution in [0.1, 0.15) is 30.5 Å². The molecule has 1 aliphatic rings. The van der Waals surface area contributed by atoms with Gasteiger partial charge < -0.3 is 9.64 Å². The van der Waals surface area contributed by atoms with Gasteiger partial charge in [-0.2, -0.15) is 0 Å². The van der Waals surface area contributed by atoms with Gasteiger partial charge in [-0.25, -0.2) is 4.39 Å². The molecule has 0 atom stereocenters. The van der Waals surface area contributed by atoms with Gasteiger partial charge in [0.1, 0.15) is 18.2 Å².